The number of para-hydroxylation sites is 1. The Morgan fingerprint density at radius 3 is 1.66 bits per heavy atom. The second kappa shape index (κ2) is 11.4. The third-order valence-corrected chi connectivity index (χ3v) is 3.49. The molecule has 0 saturated carbocycles. The van der Waals surface area contributed by atoms with Crippen LogP contribution in [0.15, 0.2) is 24.3 Å². The van der Waals surface area contributed by atoms with Crippen LogP contribution in [0.25, 0.3) is 0 Å². The Hall–Kier alpha value is -3.51. The molecule has 0 saturated heterocycles. The van der Waals surface area contributed by atoms with Crippen molar-refractivity contribution < 1.29 is 49.1 Å². The third kappa shape index (κ3) is 9.30. The van der Waals surface area contributed by atoms with Crippen molar-refractivity contribution in [2.45, 2.75) is 0 Å². The number of hydrogen-bond donors (Lipinski definition) is 4. The van der Waals surface area contributed by atoms with Crippen molar-refractivity contribution in [3.8, 4) is 5.75 Å². The van der Waals surface area contributed by atoms with Gasteiger partial charge in [-0.25, -0.2) is 4.79 Å². The second-order valence-corrected chi connectivity index (χ2v) is 5.88. The summed E-state index contributed by atoms with van der Waals surface area (Å²) in [6, 6.07) is 5.35. The van der Waals surface area contributed by atoms with Crippen molar-refractivity contribution >= 4 is 29.8 Å². The summed E-state index contributed by atoms with van der Waals surface area (Å²) in [6.45, 7) is -2.78. The molecular weight excluding hydrogens is 392 g/mol. The Morgan fingerprint density at radius 1 is 0.759 bits per heavy atom. The van der Waals surface area contributed by atoms with E-state index in [-0.39, 0.29) is 18.7 Å². The number of carboxylic acids is 3. The first-order chi connectivity index (χ1) is 13.6. The fourth-order valence-electron chi connectivity index (χ4n) is 2.30. The van der Waals surface area contributed by atoms with Crippen molar-refractivity contribution in [3.05, 3.63) is 29.8 Å². The molecule has 0 amide bonds. The van der Waals surface area contributed by atoms with Crippen LogP contribution in [0.3, 0.4) is 0 Å². The number of rotatable bonds is 12. The average Bonchev–Trinajstić information content (AvgIpc) is 2.58. The van der Waals surface area contributed by atoms with E-state index in [4.69, 9.17) is 15.3 Å². The van der Waals surface area contributed by atoms with Gasteiger partial charge in [0, 0.05) is 13.1 Å². The van der Waals surface area contributed by atoms with Crippen LogP contribution in [0.1, 0.15) is 10.4 Å². The number of ether oxygens (including phenoxy) is 1. The van der Waals surface area contributed by atoms with E-state index >= 15 is 0 Å². The van der Waals surface area contributed by atoms with E-state index in [0.29, 0.717) is 0 Å². The molecule has 0 bridgehead atoms. The van der Waals surface area contributed by atoms with Crippen molar-refractivity contribution in [1.29, 1.82) is 0 Å². The Bertz CT molecular complexity index is 763. The largest absolute Gasteiger partial charge is 0.507 e. The van der Waals surface area contributed by atoms with Gasteiger partial charge < -0.3 is 25.2 Å². The van der Waals surface area contributed by atoms with Crippen molar-refractivity contribution in [2.24, 2.45) is 0 Å². The van der Waals surface area contributed by atoms with Gasteiger partial charge >= 0.3 is 29.8 Å². The highest BCUT2D eigenvalue weighted by atomic mass is 16.6. The first kappa shape index (κ1) is 23.5. The average molecular weight is 412 g/mol. The van der Waals surface area contributed by atoms with Crippen LogP contribution in [0.5, 0.6) is 5.75 Å². The van der Waals surface area contributed by atoms with Gasteiger partial charge in [-0.1, -0.05) is 12.1 Å². The highest BCUT2D eigenvalue weighted by Crippen LogP contribution is 2.16. The highest BCUT2D eigenvalue weighted by molar-refractivity contribution is 5.99. The van der Waals surface area contributed by atoms with Crippen LogP contribution < -0.4 is 0 Å². The molecule has 12 nitrogen and oxygen atoms in total. The Balaban J connectivity index is 2.71. The molecule has 0 unspecified atom stereocenters. The Kier molecular flexibility index (Phi) is 9.22. The van der Waals surface area contributed by atoms with Crippen LogP contribution >= 0.6 is 0 Å². The van der Waals surface area contributed by atoms with E-state index in [1.807, 2.05) is 0 Å². The maximum absolute atomic E-state index is 12.0. The zero-order valence-corrected chi connectivity index (χ0v) is 15.2. The molecule has 0 heterocycles. The monoisotopic (exact) mass is 412 g/mol. The summed E-state index contributed by atoms with van der Waals surface area (Å²) in [5, 5.41) is 36.2. The van der Waals surface area contributed by atoms with Crippen molar-refractivity contribution in [3.63, 3.8) is 0 Å². The van der Waals surface area contributed by atoms with Gasteiger partial charge in [-0.2, -0.15) is 0 Å². The number of benzene rings is 1. The van der Waals surface area contributed by atoms with Gasteiger partial charge in [-0.3, -0.25) is 29.0 Å². The van der Waals surface area contributed by atoms with Crippen LogP contribution in [0.2, 0.25) is 0 Å². The molecule has 12 heteroatoms. The van der Waals surface area contributed by atoms with Gasteiger partial charge in [0.15, 0.2) is 0 Å². The summed E-state index contributed by atoms with van der Waals surface area (Å²) in [5.41, 5.74) is -0.250. The summed E-state index contributed by atoms with van der Waals surface area (Å²) in [5.74, 6) is -6.46. The first-order valence-electron chi connectivity index (χ1n) is 8.21. The Morgan fingerprint density at radius 2 is 1.21 bits per heavy atom. The zero-order valence-electron chi connectivity index (χ0n) is 15.2. The van der Waals surface area contributed by atoms with Gasteiger partial charge in [0.05, 0.1) is 26.2 Å². The quantitative estimate of drug-likeness (QED) is 0.241. The summed E-state index contributed by atoms with van der Waals surface area (Å²) in [4.78, 5) is 58.6. The van der Waals surface area contributed by atoms with E-state index in [9.17, 15) is 29.1 Å². The zero-order chi connectivity index (χ0) is 22.0. The predicted molar refractivity (Wildman–Crippen MR) is 94.3 cm³/mol. The molecule has 0 fully saturated rings. The molecule has 0 atom stereocenters. The van der Waals surface area contributed by atoms with Gasteiger partial charge in [-0.15, -0.1) is 0 Å². The minimum Gasteiger partial charge on any atom is -0.507 e. The Labute approximate surface area is 164 Å². The maximum atomic E-state index is 12.0. The number of carboxylic acid groups (broad SMARTS) is 3. The smallest absolute Gasteiger partial charge is 0.349 e. The number of nitrogens with zero attached hydrogens (tertiary/aromatic N) is 2. The van der Waals surface area contributed by atoms with Crippen LogP contribution in [0.4, 0.5) is 0 Å². The van der Waals surface area contributed by atoms with Crippen LogP contribution in [-0.2, 0) is 23.9 Å². The molecule has 0 spiro atoms. The summed E-state index contributed by atoms with van der Waals surface area (Å²) in [6.07, 6.45) is 0. The molecule has 1 aromatic rings. The SMILES string of the molecule is O=C(O)CN(CCN(CC(=O)O)CC(=O)OC(=O)c1ccccc1O)CC(=O)O. The lowest BCUT2D eigenvalue weighted by Gasteiger charge is -2.23. The first-order valence-corrected chi connectivity index (χ1v) is 8.21. The molecule has 0 radical (unpaired) electrons. The topological polar surface area (TPSA) is 182 Å². The molecule has 29 heavy (non-hydrogen) atoms. The van der Waals surface area contributed by atoms with E-state index in [0.717, 1.165) is 9.80 Å². The maximum Gasteiger partial charge on any atom is 0.349 e. The minimum atomic E-state index is -1.30. The van der Waals surface area contributed by atoms with Crippen molar-refractivity contribution in [1.82, 2.24) is 9.80 Å². The lowest BCUT2D eigenvalue weighted by atomic mass is 10.2. The summed E-state index contributed by atoms with van der Waals surface area (Å²) >= 11 is 0. The number of aliphatic carboxylic acids is 3. The highest BCUT2D eigenvalue weighted by Gasteiger charge is 2.21. The van der Waals surface area contributed by atoms with Gasteiger partial charge in [0.2, 0.25) is 0 Å². The number of carbonyl (C=O) groups excluding carboxylic acids is 2. The van der Waals surface area contributed by atoms with E-state index in [2.05, 4.69) is 4.74 Å². The molecule has 1 rings (SSSR count). The van der Waals surface area contributed by atoms with E-state index < -0.39 is 61.8 Å². The second-order valence-electron chi connectivity index (χ2n) is 5.88. The summed E-state index contributed by atoms with van der Waals surface area (Å²) in [7, 11) is 0. The fourth-order valence-corrected chi connectivity index (χ4v) is 2.30. The minimum absolute atomic E-state index is 0.160. The fraction of sp³-hybridized carbons (Fsp3) is 0.353. The van der Waals surface area contributed by atoms with Gasteiger partial charge in [-0.05, 0) is 12.1 Å². The molecule has 0 aromatic heterocycles. The predicted octanol–water partition coefficient (Wildman–Crippen LogP) is -1.07. The molecular formula is C17H20N2O10. The third-order valence-electron chi connectivity index (χ3n) is 3.49. The van der Waals surface area contributed by atoms with Gasteiger partial charge in [0.1, 0.15) is 11.3 Å². The lowest BCUT2D eigenvalue weighted by molar-refractivity contribution is -0.145. The van der Waals surface area contributed by atoms with Crippen LogP contribution in [0, 0.1) is 0 Å². The lowest BCUT2D eigenvalue weighted by Crippen LogP contribution is -2.43. The van der Waals surface area contributed by atoms with Crippen molar-refractivity contribution in [2.75, 3.05) is 39.3 Å². The summed E-state index contributed by atoms with van der Waals surface area (Å²) < 4.78 is 4.59. The number of esters is 2. The molecule has 158 valence electrons. The molecule has 0 aliphatic rings. The number of aromatic hydroxyl groups is 1. The standard InChI is InChI=1S/C17H20N2O10/c20-12-4-2-1-3-11(12)17(28)29-16(27)10-19(9-15(25)26)6-5-18(7-13(21)22)8-14(23)24/h1-4,20H,5-10H2,(H,21,22)(H,23,24)(H,25,26). The van der Waals surface area contributed by atoms with E-state index in [1.54, 1.807) is 0 Å². The number of carbonyl (C=O) groups is 5. The normalized spacial score (nSPS) is 10.7. The number of phenolic OH excluding ortho intramolecular Hbond substituents is 1. The number of phenols is 1. The van der Waals surface area contributed by atoms with Crippen LogP contribution in [-0.4, -0.2) is 99.3 Å². The molecule has 4 N–H and O–H groups in total. The number of hydrogen-bond acceptors (Lipinski definition) is 9. The molecule has 0 aliphatic carbocycles. The molecule has 0 aliphatic heterocycles. The van der Waals surface area contributed by atoms with Gasteiger partial charge in [0.25, 0.3) is 0 Å². The van der Waals surface area contributed by atoms with E-state index in [1.165, 1.54) is 24.3 Å². The molecule has 1 aromatic carbocycles.